The Balaban J connectivity index is 2.23. The first-order valence-corrected chi connectivity index (χ1v) is 8.37. The number of nitrogens with zero attached hydrogens (tertiary/aromatic N) is 1. The van der Waals surface area contributed by atoms with E-state index in [-0.39, 0.29) is 11.9 Å². The lowest BCUT2D eigenvalue weighted by Crippen LogP contribution is -2.46. The Morgan fingerprint density at radius 1 is 1.33 bits per heavy atom. The summed E-state index contributed by atoms with van der Waals surface area (Å²) in [4.78, 5) is 14.3. The molecule has 3 atom stereocenters. The van der Waals surface area contributed by atoms with Gasteiger partial charge in [-0.1, -0.05) is 34.1 Å². The van der Waals surface area contributed by atoms with Gasteiger partial charge in [0.15, 0.2) is 0 Å². The van der Waals surface area contributed by atoms with Crippen LogP contribution in [0.5, 0.6) is 0 Å². The predicted molar refractivity (Wildman–Crippen MR) is 86.3 cm³/mol. The van der Waals surface area contributed by atoms with E-state index in [1.807, 2.05) is 13.8 Å². The number of likely N-dealkylation sites (tertiary alicyclic amines) is 1. The van der Waals surface area contributed by atoms with E-state index in [0.29, 0.717) is 25.0 Å². The molecule has 0 bridgehead atoms. The third-order valence-corrected chi connectivity index (χ3v) is 4.37. The maximum atomic E-state index is 11.8. The number of carbonyl (C=O) groups is 1. The average molecular weight is 299 g/mol. The van der Waals surface area contributed by atoms with Crippen molar-refractivity contribution in [1.29, 1.82) is 0 Å². The van der Waals surface area contributed by atoms with Gasteiger partial charge in [-0.15, -0.1) is 0 Å². The van der Waals surface area contributed by atoms with Crippen LogP contribution in [0.4, 0.5) is 4.79 Å². The zero-order chi connectivity index (χ0) is 15.8. The molecule has 0 radical (unpaired) electrons. The standard InChI is InChI=1S/C16H33N3O2/c1-5-13(4)15(20)10-18-16(21)17-9-14-7-6-8-19(14)11-12(2)3/h12-15,20H,5-11H2,1-4H3,(H2,17,18,21)/t13?,14-,15?/m0/s1. The van der Waals surface area contributed by atoms with Crippen molar-refractivity contribution in [3.63, 3.8) is 0 Å². The third kappa shape index (κ3) is 6.66. The average Bonchev–Trinajstić information content (AvgIpc) is 2.87. The molecule has 5 heteroatoms. The molecule has 0 aromatic rings. The first-order chi connectivity index (χ1) is 9.93. The molecule has 3 N–H and O–H groups in total. The van der Waals surface area contributed by atoms with Crippen LogP contribution in [-0.4, -0.2) is 54.4 Å². The highest BCUT2D eigenvalue weighted by molar-refractivity contribution is 5.73. The van der Waals surface area contributed by atoms with Gasteiger partial charge in [0.05, 0.1) is 6.10 Å². The minimum Gasteiger partial charge on any atom is -0.391 e. The van der Waals surface area contributed by atoms with E-state index < -0.39 is 6.10 Å². The number of nitrogens with one attached hydrogen (secondary N) is 2. The van der Waals surface area contributed by atoms with E-state index in [4.69, 9.17) is 0 Å². The summed E-state index contributed by atoms with van der Waals surface area (Å²) in [6.45, 7) is 11.7. The highest BCUT2D eigenvalue weighted by Gasteiger charge is 2.25. The van der Waals surface area contributed by atoms with Crippen LogP contribution >= 0.6 is 0 Å². The second-order valence-corrected chi connectivity index (χ2v) is 6.73. The van der Waals surface area contributed by atoms with Gasteiger partial charge in [-0.05, 0) is 31.2 Å². The largest absolute Gasteiger partial charge is 0.391 e. The number of rotatable bonds is 8. The summed E-state index contributed by atoms with van der Waals surface area (Å²) in [7, 11) is 0. The Labute approximate surface area is 129 Å². The molecule has 21 heavy (non-hydrogen) atoms. The quantitative estimate of drug-likeness (QED) is 0.640. The zero-order valence-electron chi connectivity index (χ0n) is 14.1. The van der Waals surface area contributed by atoms with Gasteiger partial charge in [-0.25, -0.2) is 4.79 Å². The number of urea groups is 1. The number of hydrogen-bond donors (Lipinski definition) is 3. The van der Waals surface area contributed by atoms with Gasteiger partial charge < -0.3 is 15.7 Å². The molecule has 0 aliphatic carbocycles. The van der Waals surface area contributed by atoms with Crippen LogP contribution in [0.3, 0.4) is 0 Å². The summed E-state index contributed by atoms with van der Waals surface area (Å²) in [6.07, 6.45) is 2.82. The fourth-order valence-corrected chi connectivity index (χ4v) is 2.78. The Kier molecular flexibility index (Phi) is 8.04. The van der Waals surface area contributed by atoms with E-state index in [0.717, 1.165) is 25.9 Å². The maximum absolute atomic E-state index is 11.8. The van der Waals surface area contributed by atoms with Crippen LogP contribution in [0, 0.1) is 11.8 Å². The first-order valence-electron chi connectivity index (χ1n) is 8.37. The minimum absolute atomic E-state index is 0.172. The third-order valence-electron chi connectivity index (χ3n) is 4.37. The molecule has 1 aliphatic heterocycles. The summed E-state index contributed by atoms with van der Waals surface area (Å²) in [5, 5.41) is 15.5. The number of amides is 2. The Bertz CT molecular complexity index is 310. The summed E-state index contributed by atoms with van der Waals surface area (Å²) < 4.78 is 0. The fraction of sp³-hybridized carbons (Fsp3) is 0.938. The molecule has 1 rings (SSSR count). The molecule has 0 saturated carbocycles. The van der Waals surface area contributed by atoms with Crippen LogP contribution in [0.1, 0.15) is 47.0 Å². The molecule has 1 aliphatic rings. The van der Waals surface area contributed by atoms with Crippen molar-refractivity contribution < 1.29 is 9.90 Å². The normalized spacial score (nSPS) is 22.3. The van der Waals surface area contributed by atoms with Crippen molar-refractivity contribution >= 4 is 6.03 Å². The van der Waals surface area contributed by atoms with Gasteiger partial charge in [-0.2, -0.15) is 0 Å². The molecule has 2 unspecified atom stereocenters. The van der Waals surface area contributed by atoms with Gasteiger partial charge in [-0.3, -0.25) is 4.90 Å². The summed E-state index contributed by atoms with van der Waals surface area (Å²) in [5.74, 6) is 0.867. The minimum atomic E-state index is -0.468. The topological polar surface area (TPSA) is 64.6 Å². The molecule has 2 amide bonds. The lowest BCUT2D eigenvalue weighted by Gasteiger charge is -2.26. The van der Waals surface area contributed by atoms with E-state index >= 15 is 0 Å². The lowest BCUT2D eigenvalue weighted by molar-refractivity contribution is 0.114. The molecular formula is C16H33N3O2. The highest BCUT2D eigenvalue weighted by Crippen LogP contribution is 2.17. The highest BCUT2D eigenvalue weighted by atomic mass is 16.3. The van der Waals surface area contributed by atoms with Crippen LogP contribution in [0.15, 0.2) is 0 Å². The number of aliphatic hydroxyl groups is 1. The molecule has 1 heterocycles. The van der Waals surface area contributed by atoms with Gasteiger partial charge in [0.1, 0.15) is 0 Å². The Hall–Kier alpha value is -0.810. The molecule has 1 fully saturated rings. The van der Waals surface area contributed by atoms with Crippen LogP contribution < -0.4 is 10.6 Å². The van der Waals surface area contributed by atoms with Crippen LogP contribution in [-0.2, 0) is 0 Å². The lowest BCUT2D eigenvalue weighted by atomic mass is 10.0. The van der Waals surface area contributed by atoms with Gasteiger partial charge in [0.25, 0.3) is 0 Å². The van der Waals surface area contributed by atoms with Crippen molar-refractivity contribution in [1.82, 2.24) is 15.5 Å². The summed E-state index contributed by atoms with van der Waals surface area (Å²) in [6, 6.07) is 0.284. The van der Waals surface area contributed by atoms with Crippen molar-refractivity contribution in [2.75, 3.05) is 26.2 Å². The molecule has 0 aromatic carbocycles. The number of hydrogen-bond acceptors (Lipinski definition) is 3. The fourth-order valence-electron chi connectivity index (χ4n) is 2.78. The van der Waals surface area contributed by atoms with Crippen LogP contribution in [0.2, 0.25) is 0 Å². The van der Waals surface area contributed by atoms with E-state index in [9.17, 15) is 9.90 Å². The predicted octanol–water partition coefficient (Wildman–Crippen LogP) is 1.81. The summed E-state index contributed by atoms with van der Waals surface area (Å²) >= 11 is 0. The first kappa shape index (κ1) is 18.2. The number of aliphatic hydroxyl groups excluding tert-OH is 1. The van der Waals surface area contributed by atoms with Crippen molar-refractivity contribution in [3.8, 4) is 0 Å². The van der Waals surface area contributed by atoms with Crippen LogP contribution in [0.25, 0.3) is 0 Å². The molecule has 1 saturated heterocycles. The second-order valence-electron chi connectivity index (χ2n) is 6.73. The molecule has 0 spiro atoms. The summed E-state index contributed by atoms with van der Waals surface area (Å²) in [5.41, 5.74) is 0. The number of carbonyl (C=O) groups excluding carboxylic acids is 1. The Morgan fingerprint density at radius 3 is 2.67 bits per heavy atom. The molecular weight excluding hydrogens is 266 g/mol. The second kappa shape index (κ2) is 9.26. The van der Waals surface area contributed by atoms with Crippen molar-refractivity contribution in [3.05, 3.63) is 0 Å². The van der Waals surface area contributed by atoms with Crippen molar-refractivity contribution in [2.45, 2.75) is 59.1 Å². The van der Waals surface area contributed by atoms with E-state index in [1.54, 1.807) is 0 Å². The molecule has 124 valence electrons. The van der Waals surface area contributed by atoms with Crippen molar-refractivity contribution in [2.24, 2.45) is 11.8 Å². The van der Waals surface area contributed by atoms with E-state index in [2.05, 4.69) is 29.4 Å². The smallest absolute Gasteiger partial charge is 0.314 e. The van der Waals surface area contributed by atoms with Gasteiger partial charge in [0.2, 0.25) is 0 Å². The molecule has 5 nitrogen and oxygen atoms in total. The monoisotopic (exact) mass is 299 g/mol. The Morgan fingerprint density at radius 2 is 2.05 bits per heavy atom. The zero-order valence-corrected chi connectivity index (χ0v) is 14.1. The van der Waals surface area contributed by atoms with E-state index in [1.165, 1.54) is 6.42 Å². The van der Waals surface area contributed by atoms with Gasteiger partial charge in [0, 0.05) is 25.7 Å². The maximum Gasteiger partial charge on any atom is 0.314 e. The molecule has 0 aromatic heterocycles. The SMILES string of the molecule is CCC(C)C(O)CNC(=O)NC[C@@H]1CCCN1CC(C)C. The van der Waals surface area contributed by atoms with Gasteiger partial charge >= 0.3 is 6.03 Å².